The van der Waals surface area contributed by atoms with E-state index >= 15 is 0 Å². The number of nitrogens with one attached hydrogen (secondary N) is 3. The summed E-state index contributed by atoms with van der Waals surface area (Å²) in [5, 5.41) is 0. The minimum absolute atomic E-state index is 0.0229. The Morgan fingerprint density at radius 2 is 0.733 bits per heavy atom. The van der Waals surface area contributed by atoms with Gasteiger partial charge in [-0.05, 0) is 173 Å². The van der Waals surface area contributed by atoms with Gasteiger partial charge >= 0.3 is 35.3 Å². The minimum atomic E-state index is -0.281. The second-order valence-corrected chi connectivity index (χ2v) is 26.1. The lowest BCUT2D eigenvalue weighted by Crippen LogP contribution is -2.52. The van der Waals surface area contributed by atoms with Crippen molar-refractivity contribution in [1.82, 2.24) is 58.1 Å². The third-order valence-corrected chi connectivity index (χ3v) is 19.9. The van der Waals surface area contributed by atoms with Gasteiger partial charge in [0.1, 0.15) is 0 Å². The fourth-order valence-electron chi connectivity index (χ4n) is 14.6. The number of benzene rings is 3. The summed E-state index contributed by atoms with van der Waals surface area (Å²) in [6, 6.07) is 18.9. The quantitative estimate of drug-likeness (QED) is 0.0917. The Hall–Kier alpha value is -8.16. The molecule has 6 fully saturated rings. The topological polar surface area (TPSA) is 212 Å². The summed E-state index contributed by atoms with van der Waals surface area (Å²) in [5.41, 5.74) is 8.91. The van der Waals surface area contributed by atoms with Gasteiger partial charge in [-0.25, -0.2) is 28.8 Å². The molecule has 6 aliphatic rings. The maximum Gasteiger partial charge on any atom is 0.410 e. The highest BCUT2D eigenvalue weighted by atomic mass is 16.6. The highest BCUT2D eigenvalue weighted by Gasteiger charge is 2.46. The van der Waals surface area contributed by atoms with Gasteiger partial charge in [0.2, 0.25) is 0 Å². The molecule has 21 heteroatoms. The zero-order valence-electron chi connectivity index (χ0n) is 54.1. The van der Waals surface area contributed by atoms with Gasteiger partial charge in [0.05, 0.1) is 33.1 Å². The van der Waals surface area contributed by atoms with Crippen LogP contribution in [-0.4, -0.2) is 191 Å². The summed E-state index contributed by atoms with van der Waals surface area (Å²) in [6.07, 6.45) is 7.49. The van der Waals surface area contributed by atoms with E-state index in [-0.39, 0.29) is 89.9 Å². The highest BCUT2D eigenvalue weighted by Crippen LogP contribution is 2.38. The Kier molecular flexibility index (Phi) is 20.1. The third kappa shape index (κ3) is 14.2. The number of rotatable bonds is 9. The van der Waals surface area contributed by atoms with Crippen LogP contribution < -0.4 is 17.1 Å². The summed E-state index contributed by atoms with van der Waals surface area (Å²) < 4.78 is 21.5. The number of nitrogens with zero attached hydrogens (tertiary/aromatic N) is 9. The first-order valence-electron chi connectivity index (χ1n) is 32.1. The molecular weight excluding hydrogens is 1140 g/mol. The Balaban J connectivity index is 0.000000148. The minimum Gasteiger partial charge on any atom is -0.436 e. The van der Waals surface area contributed by atoms with Crippen molar-refractivity contribution in [2.45, 2.75) is 155 Å². The second-order valence-electron chi connectivity index (χ2n) is 26.1. The van der Waals surface area contributed by atoms with Crippen LogP contribution in [0.2, 0.25) is 0 Å². The van der Waals surface area contributed by atoms with E-state index in [1.807, 2.05) is 57.0 Å². The number of fused-ring (bicyclic) bond motifs is 3. The van der Waals surface area contributed by atoms with Crippen LogP contribution in [0.1, 0.15) is 134 Å². The number of carbonyl (C=O) groups excluding carboxylic acids is 3. The largest absolute Gasteiger partial charge is 0.436 e. The van der Waals surface area contributed by atoms with E-state index in [1.54, 1.807) is 35.5 Å². The van der Waals surface area contributed by atoms with Crippen molar-refractivity contribution >= 4 is 51.4 Å². The summed E-state index contributed by atoms with van der Waals surface area (Å²) in [6.45, 7) is 28.1. The van der Waals surface area contributed by atoms with E-state index < -0.39 is 0 Å². The van der Waals surface area contributed by atoms with Crippen LogP contribution in [0.3, 0.4) is 0 Å². The van der Waals surface area contributed by atoms with Gasteiger partial charge in [-0.15, -0.1) is 17.8 Å². The predicted molar refractivity (Wildman–Crippen MR) is 350 cm³/mol. The van der Waals surface area contributed by atoms with E-state index in [2.05, 4.69) is 118 Å². The molecule has 6 aliphatic heterocycles. The number of piperidine rings is 3. The average molecular weight is 1230 g/mol. The average Bonchev–Trinajstić information content (AvgIpc) is 2.86. The molecule has 0 spiro atoms. The van der Waals surface area contributed by atoms with Crippen molar-refractivity contribution in [2.24, 2.45) is 0 Å². The smallest absolute Gasteiger partial charge is 0.410 e. The molecule has 12 rings (SSSR count). The van der Waals surface area contributed by atoms with Crippen LogP contribution in [0.5, 0.6) is 0 Å². The van der Waals surface area contributed by atoms with E-state index in [9.17, 15) is 28.8 Å². The molecule has 0 saturated carbocycles. The number of amides is 3. The number of hydrogen-bond donors (Lipinski definition) is 3. The predicted octanol–water partition coefficient (Wildman–Crippen LogP) is 8.70. The molecule has 21 nitrogen and oxygen atoms in total. The van der Waals surface area contributed by atoms with Crippen LogP contribution in [-0.2, 0) is 14.2 Å². The maximum atomic E-state index is 12.6. The number of aryl methyl sites for hydroxylation is 3. The molecule has 480 valence electrons. The molecule has 0 bridgehead atoms. The molecule has 3 aromatic heterocycles. The Morgan fingerprint density at radius 3 is 1.07 bits per heavy atom. The molecule has 3 aromatic carbocycles. The number of aromatic nitrogens is 6. The first kappa shape index (κ1) is 64.8. The fraction of sp³-hybridized carbons (Fsp3) is 0.565. The van der Waals surface area contributed by atoms with E-state index in [0.29, 0.717) is 39.3 Å². The van der Waals surface area contributed by atoms with E-state index in [4.69, 9.17) is 14.2 Å². The number of imidazole rings is 3. The molecule has 6 aromatic rings. The van der Waals surface area contributed by atoms with E-state index in [1.165, 1.54) is 0 Å². The molecule has 3 unspecified atom stereocenters. The van der Waals surface area contributed by atoms with Crippen LogP contribution in [0.4, 0.5) is 14.4 Å². The lowest BCUT2D eigenvalue weighted by molar-refractivity contribution is 0.0650. The van der Waals surface area contributed by atoms with Crippen LogP contribution in [0.25, 0.3) is 33.1 Å². The third-order valence-electron chi connectivity index (χ3n) is 19.9. The van der Waals surface area contributed by atoms with Crippen molar-refractivity contribution in [1.29, 1.82) is 0 Å². The molecule has 6 saturated heterocycles. The first-order valence-corrected chi connectivity index (χ1v) is 32.1. The van der Waals surface area contributed by atoms with Crippen molar-refractivity contribution in [2.75, 3.05) is 98.4 Å². The SMILES string of the molecule is CC#CCOC(=O)N1CCC(C)(N2CCC(n3c(=O)[nH]c4cc(C)ccc43)CC2)C1.CC#CCOC(=O)N1CCC(C)(N2CCC(n3c(=O)[nH]c4ccc(C)cc43)CC2)C1.CC#CCOC(=O)N1CCC(C)(N2CCC(n3c(=O)[nH]c4ccc(C)cc43)CC2)C1. The van der Waals surface area contributed by atoms with Crippen molar-refractivity contribution in [3.63, 3.8) is 0 Å². The summed E-state index contributed by atoms with van der Waals surface area (Å²) in [5.74, 6) is 16.5. The van der Waals surface area contributed by atoms with Gasteiger partial charge in [0.25, 0.3) is 0 Å². The Labute approximate surface area is 527 Å². The lowest BCUT2D eigenvalue weighted by atomic mass is 9.93. The maximum absolute atomic E-state index is 12.6. The van der Waals surface area contributed by atoms with Crippen LogP contribution >= 0.6 is 0 Å². The molecular formula is C69H90N12O9. The number of aromatic amines is 3. The zero-order chi connectivity index (χ0) is 63.9. The Bertz CT molecular complexity index is 3790. The van der Waals surface area contributed by atoms with Gasteiger partial charge in [0.15, 0.2) is 19.8 Å². The van der Waals surface area contributed by atoms with Gasteiger partial charge in [-0.2, -0.15) is 0 Å². The molecule has 3 N–H and O–H groups in total. The number of ether oxygens (including phenoxy) is 3. The number of H-pyrrole nitrogens is 3. The first-order chi connectivity index (χ1) is 43.2. The van der Waals surface area contributed by atoms with Gasteiger partial charge in [-0.1, -0.05) is 36.0 Å². The molecule has 3 atom stereocenters. The molecule has 3 amide bonds. The monoisotopic (exact) mass is 1230 g/mol. The van der Waals surface area contributed by atoms with Gasteiger partial charge in [-0.3, -0.25) is 28.4 Å². The Morgan fingerprint density at radius 1 is 0.433 bits per heavy atom. The number of hydrogen-bond acceptors (Lipinski definition) is 12. The molecule has 9 heterocycles. The molecule has 0 radical (unpaired) electrons. The van der Waals surface area contributed by atoms with Gasteiger partial charge < -0.3 is 43.9 Å². The highest BCUT2D eigenvalue weighted by molar-refractivity contribution is 5.78. The standard InChI is InChI=1S/3C23H30N4O3/c1-4-5-14-30-22(29)25-13-10-23(3,16-25)26-11-8-18(9-12-26)27-20-7-6-17(2)15-19(20)24-21(27)28;2*1-4-5-14-30-22(29)25-13-10-23(3,16-25)26-11-8-18(9-12-26)27-20-15-17(2)6-7-19(20)24-21(27)28/h3*6-7,15,18H,8-14,16H2,1-3H3,(H,24,28). The van der Waals surface area contributed by atoms with E-state index in [0.717, 1.165) is 147 Å². The number of likely N-dealkylation sites (tertiary alicyclic amines) is 6. The van der Waals surface area contributed by atoms with Crippen LogP contribution in [0.15, 0.2) is 69.0 Å². The van der Waals surface area contributed by atoms with Crippen molar-refractivity contribution < 1.29 is 28.6 Å². The summed E-state index contributed by atoms with van der Waals surface area (Å²) >= 11 is 0. The number of carbonyl (C=O) groups is 3. The fourth-order valence-corrected chi connectivity index (χ4v) is 14.6. The summed E-state index contributed by atoms with van der Waals surface area (Å²) in [7, 11) is 0. The van der Waals surface area contributed by atoms with Gasteiger partial charge in [0, 0.05) is 113 Å². The normalized spacial score (nSPS) is 22.8. The summed E-state index contributed by atoms with van der Waals surface area (Å²) in [4.78, 5) is 96.4. The van der Waals surface area contributed by atoms with Crippen molar-refractivity contribution in [3.8, 4) is 35.5 Å². The van der Waals surface area contributed by atoms with Crippen LogP contribution in [0, 0.1) is 56.3 Å². The zero-order valence-corrected chi connectivity index (χ0v) is 54.1. The second kappa shape index (κ2) is 27.9. The van der Waals surface area contributed by atoms with Crippen molar-refractivity contribution in [3.05, 3.63) is 103 Å². The molecule has 0 aliphatic carbocycles. The lowest BCUT2D eigenvalue weighted by Gasteiger charge is -2.43. The molecule has 90 heavy (non-hydrogen) atoms.